The minimum Gasteiger partial charge on any atom is -0.289 e. The highest BCUT2D eigenvalue weighted by Crippen LogP contribution is 2.30. The van der Waals surface area contributed by atoms with E-state index in [9.17, 15) is 9.18 Å². The van der Waals surface area contributed by atoms with Crippen LogP contribution in [0.1, 0.15) is 43.7 Å². The van der Waals surface area contributed by atoms with Crippen molar-refractivity contribution in [3.05, 3.63) is 68.0 Å². The van der Waals surface area contributed by atoms with Gasteiger partial charge >= 0.3 is 0 Å². The fraction of sp³-hybridized carbons (Fsp3) is 0.278. The van der Waals surface area contributed by atoms with Gasteiger partial charge in [0.25, 0.3) is 0 Å². The molecule has 0 atom stereocenters. The van der Waals surface area contributed by atoms with E-state index < -0.39 is 5.82 Å². The number of halogens is 2. The van der Waals surface area contributed by atoms with Crippen molar-refractivity contribution in [2.75, 3.05) is 0 Å². The summed E-state index contributed by atoms with van der Waals surface area (Å²) in [5, 5.41) is -0.114. The first-order valence-electron chi connectivity index (χ1n) is 6.83. The Labute approximate surface area is 129 Å². The first-order chi connectivity index (χ1) is 9.77. The largest absolute Gasteiger partial charge is 0.289 e. The van der Waals surface area contributed by atoms with Crippen LogP contribution in [0.3, 0.4) is 0 Å². The van der Waals surface area contributed by atoms with Gasteiger partial charge in [-0.25, -0.2) is 4.39 Å². The molecule has 110 valence electrons. The Hall–Kier alpha value is -1.67. The Morgan fingerprint density at radius 2 is 1.38 bits per heavy atom. The van der Waals surface area contributed by atoms with Gasteiger partial charge < -0.3 is 0 Å². The van der Waals surface area contributed by atoms with Crippen LogP contribution in [0.4, 0.5) is 4.39 Å². The standard InChI is InChI=1S/C18H18ClFO/c1-9-10(2)12(4)16(13(5)11(9)3)18(21)14-7-6-8-15(20)17(14)19/h6-8H,1-5H3. The number of hydrogen-bond acceptors (Lipinski definition) is 1. The van der Waals surface area contributed by atoms with Crippen LogP contribution in [0.5, 0.6) is 0 Å². The summed E-state index contributed by atoms with van der Waals surface area (Å²) in [4.78, 5) is 12.8. The topological polar surface area (TPSA) is 17.1 Å². The molecule has 0 aromatic heterocycles. The molecule has 0 amide bonds. The van der Waals surface area contributed by atoms with E-state index in [0.717, 1.165) is 22.3 Å². The van der Waals surface area contributed by atoms with E-state index in [1.54, 1.807) is 6.07 Å². The summed E-state index contributed by atoms with van der Waals surface area (Å²) in [6.45, 7) is 9.90. The molecule has 0 aliphatic rings. The first-order valence-corrected chi connectivity index (χ1v) is 7.20. The smallest absolute Gasteiger partial charge is 0.195 e. The Kier molecular flexibility index (Phi) is 4.20. The SMILES string of the molecule is Cc1c(C)c(C)c(C(=O)c2cccc(F)c2Cl)c(C)c1C. The van der Waals surface area contributed by atoms with Crippen molar-refractivity contribution < 1.29 is 9.18 Å². The van der Waals surface area contributed by atoms with E-state index in [4.69, 9.17) is 11.6 Å². The fourth-order valence-corrected chi connectivity index (χ4v) is 2.87. The second-order valence-electron chi connectivity index (χ2n) is 5.43. The molecule has 0 aliphatic heterocycles. The maximum Gasteiger partial charge on any atom is 0.195 e. The van der Waals surface area contributed by atoms with Gasteiger partial charge in [-0.2, -0.15) is 0 Å². The number of carbonyl (C=O) groups is 1. The third-order valence-electron chi connectivity index (χ3n) is 4.42. The molecule has 3 heteroatoms. The van der Waals surface area contributed by atoms with Gasteiger partial charge in [-0.3, -0.25) is 4.79 Å². The zero-order chi connectivity index (χ0) is 15.9. The maximum absolute atomic E-state index is 13.6. The third-order valence-corrected chi connectivity index (χ3v) is 4.81. The Morgan fingerprint density at radius 1 is 0.905 bits per heavy atom. The summed E-state index contributed by atoms with van der Waals surface area (Å²) in [7, 11) is 0. The van der Waals surface area contributed by atoms with Gasteiger partial charge in [0.2, 0.25) is 0 Å². The third kappa shape index (κ3) is 2.49. The summed E-state index contributed by atoms with van der Waals surface area (Å²) >= 11 is 5.96. The Bertz CT molecular complexity index is 718. The monoisotopic (exact) mass is 304 g/mol. The van der Waals surface area contributed by atoms with E-state index in [1.807, 2.05) is 34.6 Å². The van der Waals surface area contributed by atoms with Gasteiger partial charge in [0.05, 0.1) is 5.02 Å². The average molecular weight is 305 g/mol. The molecule has 0 saturated heterocycles. The number of rotatable bonds is 2. The van der Waals surface area contributed by atoms with Crippen molar-refractivity contribution in [1.29, 1.82) is 0 Å². The molecule has 0 radical (unpaired) electrons. The van der Waals surface area contributed by atoms with E-state index in [-0.39, 0.29) is 16.4 Å². The van der Waals surface area contributed by atoms with Gasteiger partial charge in [-0.15, -0.1) is 0 Å². The highest BCUT2D eigenvalue weighted by atomic mass is 35.5. The van der Waals surface area contributed by atoms with Gasteiger partial charge in [0, 0.05) is 11.1 Å². The predicted octanol–water partition coefficient (Wildman–Crippen LogP) is 5.25. The van der Waals surface area contributed by atoms with Crippen molar-refractivity contribution in [3.63, 3.8) is 0 Å². The van der Waals surface area contributed by atoms with Crippen LogP contribution in [-0.4, -0.2) is 5.78 Å². The van der Waals surface area contributed by atoms with E-state index in [0.29, 0.717) is 5.56 Å². The predicted molar refractivity (Wildman–Crippen MR) is 85.0 cm³/mol. The molecule has 0 unspecified atom stereocenters. The molecule has 2 rings (SSSR count). The van der Waals surface area contributed by atoms with Gasteiger partial charge in [-0.1, -0.05) is 17.7 Å². The zero-order valence-electron chi connectivity index (χ0n) is 12.9. The average Bonchev–Trinajstić information content (AvgIpc) is 2.46. The molecule has 0 N–H and O–H groups in total. The first kappa shape index (κ1) is 15.7. The number of benzene rings is 2. The second-order valence-corrected chi connectivity index (χ2v) is 5.81. The van der Waals surface area contributed by atoms with Gasteiger partial charge in [0.1, 0.15) is 5.82 Å². The lowest BCUT2D eigenvalue weighted by atomic mass is 9.86. The lowest BCUT2D eigenvalue weighted by molar-refractivity contribution is 0.103. The molecule has 0 aliphatic carbocycles. The molecule has 0 fully saturated rings. The van der Waals surface area contributed by atoms with Crippen molar-refractivity contribution >= 4 is 17.4 Å². The fourth-order valence-electron chi connectivity index (χ4n) is 2.65. The number of carbonyl (C=O) groups excluding carboxylic acids is 1. The number of ketones is 1. The molecule has 0 heterocycles. The summed E-state index contributed by atoms with van der Waals surface area (Å²) < 4.78 is 13.6. The Morgan fingerprint density at radius 3 is 1.90 bits per heavy atom. The summed E-state index contributed by atoms with van der Waals surface area (Å²) in [6.07, 6.45) is 0. The van der Waals surface area contributed by atoms with Crippen LogP contribution >= 0.6 is 11.6 Å². The molecule has 2 aromatic rings. The lowest BCUT2D eigenvalue weighted by Crippen LogP contribution is -2.11. The van der Waals surface area contributed by atoms with Gasteiger partial charge in [0.15, 0.2) is 5.78 Å². The molecule has 2 aromatic carbocycles. The molecule has 0 saturated carbocycles. The summed E-state index contributed by atoms with van der Waals surface area (Å²) in [5.74, 6) is -0.793. The summed E-state index contributed by atoms with van der Waals surface area (Å²) in [5.41, 5.74) is 6.07. The van der Waals surface area contributed by atoms with Crippen LogP contribution in [0.15, 0.2) is 18.2 Å². The van der Waals surface area contributed by atoms with Crippen molar-refractivity contribution in [2.24, 2.45) is 0 Å². The normalized spacial score (nSPS) is 10.8. The van der Waals surface area contributed by atoms with Crippen LogP contribution < -0.4 is 0 Å². The van der Waals surface area contributed by atoms with E-state index in [2.05, 4.69) is 0 Å². The van der Waals surface area contributed by atoms with E-state index >= 15 is 0 Å². The molecular weight excluding hydrogens is 287 g/mol. The van der Waals surface area contributed by atoms with Crippen molar-refractivity contribution in [2.45, 2.75) is 34.6 Å². The van der Waals surface area contributed by atoms with Crippen LogP contribution in [-0.2, 0) is 0 Å². The molecule has 0 bridgehead atoms. The van der Waals surface area contributed by atoms with Crippen LogP contribution in [0.25, 0.3) is 0 Å². The minimum absolute atomic E-state index is 0.114. The van der Waals surface area contributed by atoms with Crippen LogP contribution in [0.2, 0.25) is 5.02 Å². The molecule has 0 spiro atoms. The van der Waals surface area contributed by atoms with Crippen LogP contribution in [0, 0.1) is 40.4 Å². The highest BCUT2D eigenvalue weighted by molar-refractivity contribution is 6.35. The van der Waals surface area contributed by atoms with Crippen molar-refractivity contribution in [3.8, 4) is 0 Å². The zero-order valence-corrected chi connectivity index (χ0v) is 13.7. The van der Waals surface area contributed by atoms with Crippen molar-refractivity contribution in [1.82, 2.24) is 0 Å². The highest BCUT2D eigenvalue weighted by Gasteiger charge is 2.22. The number of hydrogen-bond donors (Lipinski definition) is 0. The maximum atomic E-state index is 13.6. The lowest BCUT2D eigenvalue weighted by Gasteiger charge is -2.18. The molecule has 21 heavy (non-hydrogen) atoms. The van der Waals surface area contributed by atoms with Gasteiger partial charge in [-0.05, 0) is 74.6 Å². The second kappa shape index (κ2) is 5.61. The van der Waals surface area contributed by atoms with E-state index in [1.165, 1.54) is 17.7 Å². The quantitative estimate of drug-likeness (QED) is 0.692. The molecular formula is C18H18ClFO. The minimum atomic E-state index is -0.571. The Balaban J connectivity index is 2.73. The molecule has 1 nitrogen and oxygen atoms in total. The summed E-state index contributed by atoms with van der Waals surface area (Å²) in [6, 6.07) is 4.33.